The summed E-state index contributed by atoms with van der Waals surface area (Å²) in [6.45, 7) is 1.88. The Hall–Kier alpha value is -0.580. The molecule has 1 aromatic rings. The Morgan fingerprint density at radius 1 is 1.38 bits per heavy atom. The lowest BCUT2D eigenvalue weighted by molar-refractivity contribution is 0.0731. The van der Waals surface area contributed by atoms with Crippen LogP contribution >= 0.6 is 22.6 Å². The molecule has 1 aliphatic heterocycles. The van der Waals surface area contributed by atoms with Crippen molar-refractivity contribution in [1.29, 1.82) is 0 Å². The lowest BCUT2D eigenvalue weighted by Gasteiger charge is -2.28. The average Bonchev–Trinajstić information content (AvgIpc) is 3.07. The molecule has 0 atom stereocenters. The number of benzene rings is 1. The Bertz CT molecular complexity index is 440. The highest BCUT2D eigenvalue weighted by Crippen LogP contribution is 2.31. The molecule has 0 saturated heterocycles. The molecule has 1 heterocycles. The molecular formula is C13H14INO. The van der Waals surface area contributed by atoms with Crippen molar-refractivity contribution in [2.24, 2.45) is 5.92 Å². The van der Waals surface area contributed by atoms with Crippen molar-refractivity contribution in [2.45, 2.75) is 19.3 Å². The van der Waals surface area contributed by atoms with Crippen molar-refractivity contribution >= 4 is 28.5 Å². The van der Waals surface area contributed by atoms with E-state index in [4.69, 9.17) is 0 Å². The third kappa shape index (κ3) is 1.97. The van der Waals surface area contributed by atoms with Crippen LogP contribution in [0.3, 0.4) is 0 Å². The van der Waals surface area contributed by atoms with E-state index < -0.39 is 0 Å². The lowest BCUT2D eigenvalue weighted by atomic mass is 9.99. The van der Waals surface area contributed by atoms with Gasteiger partial charge in [-0.3, -0.25) is 4.79 Å². The molecule has 84 valence electrons. The van der Waals surface area contributed by atoms with Gasteiger partial charge in [-0.15, -0.1) is 0 Å². The summed E-state index contributed by atoms with van der Waals surface area (Å²) < 4.78 is 1.15. The molecule has 2 aliphatic rings. The minimum Gasteiger partial charge on any atom is -0.338 e. The summed E-state index contributed by atoms with van der Waals surface area (Å²) >= 11 is 2.27. The maximum Gasteiger partial charge on any atom is 0.254 e. The fourth-order valence-electron chi connectivity index (χ4n) is 2.28. The molecule has 16 heavy (non-hydrogen) atoms. The Kier molecular flexibility index (Phi) is 2.65. The van der Waals surface area contributed by atoms with Crippen molar-refractivity contribution in [1.82, 2.24) is 4.90 Å². The number of halogens is 1. The van der Waals surface area contributed by atoms with E-state index in [2.05, 4.69) is 34.7 Å². The number of rotatable bonds is 2. The molecule has 1 saturated carbocycles. The third-order valence-electron chi connectivity index (χ3n) is 3.42. The summed E-state index contributed by atoms with van der Waals surface area (Å²) in [5.74, 6) is 1.03. The van der Waals surface area contributed by atoms with Crippen LogP contribution in [0, 0.1) is 9.49 Å². The molecule has 0 unspecified atom stereocenters. The molecule has 0 bridgehead atoms. The highest BCUT2D eigenvalue weighted by atomic mass is 127. The Morgan fingerprint density at radius 3 is 2.94 bits per heavy atom. The predicted octanol–water partition coefficient (Wildman–Crippen LogP) is 2.70. The van der Waals surface area contributed by atoms with E-state index >= 15 is 0 Å². The minimum absolute atomic E-state index is 0.242. The van der Waals surface area contributed by atoms with Crippen LogP contribution < -0.4 is 0 Å². The molecule has 1 amide bonds. The van der Waals surface area contributed by atoms with Gasteiger partial charge in [0, 0.05) is 22.2 Å². The van der Waals surface area contributed by atoms with Crippen molar-refractivity contribution in [2.75, 3.05) is 13.1 Å². The summed E-state index contributed by atoms with van der Waals surface area (Å²) in [5, 5.41) is 0. The van der Waals surface area contributed by atoms with Crippen LogP contribution in [0.2, 0.25) is 0 Å². The highest BCUT2D eigenvalue weighted by molar-refractivity contribution is 14.1. The second-order valence-corrected chi connectivity index (χ2v) is 5.99. The standard InChI is InChI=1S/C13H14INO/c14-11-4-3-10-5-6-15(8-9-1-2-9)13(16)12(10)7-11/h3-4,7,9H,1-2,5-6,8H2. The number of fused-ring (bicyclic) bond motifs is 1. The monoisotopic (exact) mass is 327 g/mol. The fraction of sp³-hybridized carbons (Fsp3) is 0.462. The summed E-state index contributed by atoms with van der Waals surface area (Å²) in [5.41, 5.74) is 2.15. The first-order valence-corrected chi connectivity index (χ1v) is 6.89. The van der Waals surface area contributed by atoms with E-state index in [9.17, 15) is 4.79 Å². The molecule has 0 N–H and O–H groups in total. The molecule has 3 heteroatoms. The van der Waals surface area contributed by atoms with Gasteiger partial charge in [0.15, 0.2) is 0 Å². The molecular weight excluding hydrogens is 313 g/mol. The van der Waals surface area contributed by atoms with Crippen LogP contribution in [0.15, 0.2) is 18.2 Å². The zero-order chi connectivity index (χ0) is 11.1. The first-order valence-electron chi connectivity index (χ1n) is 5.82. The van der Waals surface area contributed by atoms with Crippen LogP contribution in [0.4, 0.5) is 0 Å². The molecule has 2 nitrogen and oxygen atoms in total. The van der Waals surface area contributed by atoms with Gasteiger partial charge in [-0.1, -0.05) is 6.07 Å². The van der Waals surface area contributed by atoms with E-state index in [0.717, 1.165) is 34.6 Å². The Labute approximate surface area is 109 Å². The lowest BCUT2D eigenvalue weighted by Crippen LogP contribution is -2.38. The average molecular weight is 327 g/mol. The second kappa shape index (κ2) is 4.02. The number of nitrogens with zero attached hydrogens (tertiary/aromatic N) is 1. The zero-order valence-corrected chi connectivity index (χ0v) is 11.2. The Morgan fingerprint density at radius 2 is 2.19 bits per heavy atom. The number of hydrogen-bond donors (Lipinski definition) is 0. The fourth-order valence-corrected chi connectivity index (χ4v) is 2.77. The first-order chi connectivity index (χ1) is 7.74. The van der Waals surface area contributed by atoms with Crippen LogP contribution in [0.1, 0.15) is 28.8 Å². The van der Waals surface area contributed by atoms with Gasteiger partial charge in [0.2, 0.25) is 0 Å². The van der Waals surface area contributed by atoms with E-state index in [0.29, 0.717) is 0 Å². The largest absolute Gasteiger partial charge is 0.338 e. The number of hydrogen-bond acceptors (Lipinski definition) is 1. The van der Waals surface area contributed by atoms with Crippen molar-refractivity contribution in [3.8, 4) is 0 Å². The zero-order valence-electron chi connectivity index (χ0n) is 9.08. The van der Waals surface area contributed by atoms with Gasteiger partial charge in [0.1, 0.15) is 0 Å². The molecule has 0 aromatic heterocycles. The molecule has 0 radical (unpaired) electrons. The van der Waals surface area contributed by atoms with Crippen LogP contribution in [0.5, 0.6) is 0 Å². The second-order valence-electron chi connectivity index (χ2n) is 4.75. The van der Waals surface area contributed by atoms with Gasteiger partial charge < -0.3 is 4.90 Å². The van der Waals surface area contributed by atoms with E-state index in [1.54, 1.807) is 0 Å². The normalized spacial score (nSPS) is 19.8. The quantitative estimate of drug-likeness (QED) is 0.765. The van der Waals surface area contributed by atoms with Crippen LogP contribution in [-0.2, 0) is 6.42 Å². The molecule has 1 fully saturated rings. The van der Waals surface area contributed by atoms with Gasteiger partial charge in [-0.2, -0.15) is 0 Å². The maximum absolute atomic E-state index is 12.3. The van der Waals surface area contributed by atoms with E-state index in [1.807, 2.05) is 11.0 Å². The Balaban J connectivity index is 1.87. The van der Waals surface area contributed by atoms with Gasteiger partial charge in [-0.05, 0) is 65.5 Å². The predicted molar refractivity (Wildman–Crippen MR) is 71.5 cm³/mol. The van der Waals surface area contributed by atoms with Crippen LogP contribution in [0.25, 0.3) is 0 Å². The van der Waals surface area contributed by atoms with E-state index in [-0.39, 0.29) is 5.91 Å². The summed E-state index contributed by atoms with van der Waals surface area (Å²) in [7, 11) is 0. The minimum atomic E-state index is 0.242. The first kappa shape index (κ1) is 10.6. The van der Waals surface area contributed by atoms with Crippen molar-refractivity contribution < 1.29 is 4.79 Å². The van der Waals surface area contributed by atoms with Gasteiger partial charge in [0.05, 0.1) is 0 Å². The van der Waals surface area contributed by atoms with E-state index in [1.165, 1.54) is 18.4 Å². The van der Waals surface area contributed by atoms with Gasteiger partial charge in [0.25, 0.3) is 5.91 Å². The van der Waals surface area contributed by atoms with Crippen LogP contribution in [-0.4, -0.2) is 23.9 Å². The summed E-state index contributed by atoms with van der Waals surface area (Å²) in [6.07, 6.45) is 3.64. The van der Waals surface area contributed by atoms with Gasteiger partial charge in [-0.25, -0.2) is 0 Å². The highest BCUT2D eigenvalue weighted by Gasteiger charge is 2.30. The molecule has 1 aliphatic carbocycles. The van der Waals surface area contributed by atoms with Gasteiger partial charge >= 0.3 is 0 Å². The smallest absolute Gasteiger partial charge is 0.254 e. The number of amides is 1. The molecule has 1 aromatic carbocycles. The number of carbonyl (C=O) groups is 1. The number of carbonyl (C=O) groups excluding carboxylic acids is 1. The summed E-state index contributed by atoms with van der Waals surface area (Å²) in [6, 6.07) is 6.21. The SMILES string of the molecule is O=C1c2cc(I)ccc2CCN1CC1CC1. The van der Waals surface area contributed by atoms with Crippen molar-refractivity contribution in [3.05, 3.63) is 32.9 Å². The van der Waals surface area contributed by atoms with Crippen molar-refractivity contribution in [3.63, 3.8) is 0 Å². The third-order valence-corrected chi connectivity index (χ3v) is 4.09. The topological polar surface area (TPSA) is 20.3 Å². The molecule has 0 spiro atoms. The molecule has 3 rings (SSSR count). The summed E-state index contributed by atoms with van der Waals surface area (Å²) in [4.78, 5) is 14.3. The maximum atomic E-state index is 12.3.